The molecule has 1 aliphatic carbocycles. The molecule has 0 saturated heterocycles. The number of carboxylic acids is 1. The van der Waals surface area contributed by atoms with E-state index in [0.717, 1.165) is 11.4 Å². The minimum atomic E-state index is -0.807. The topological polar surface area (TPSA) is 109 Å². The predicted molar refractivity (Wildman–Crippen MR) is 76.5 cm³/mol. The van der Waals surface area contributed by atoms with Gasteiger partial charge in [-0.15, -0.1) is 5.10 Å². The number of carbonyl (C=O) groups is 2. The Labute approximate surface area is 126 Å². The summed E-state index contributed by atoms with van der Waals surface area (Å²) >= 11 is 0. The quantitative estimate of drug-likeness (QED) is 0.865. The van der Waals surface area contributed by atoms with Crippen LogP contribution in [-0.4, -0.2) is 42.6 Å². The highest BCUT2D eigenvalue weighted by Gasteiger charge is 2.31. The third kappa shape index (κ3) is 2.63. The van der Waals surface area contributed by atoms with Crippen LogP contribution in [-0.2, 0) is 4.79 Å². The van der Waals surface area contributed by atoms with Crippen molar-refractivity contribution >= 4 is 17.7 Å². The van der Waals surface area contributed by atoms with Gasteiger partial charge in [-0.25, -0.2) is 9.50 Å². The first kappa shape index (κ1) is 14.4. The molecular formula is C14H17N5O3. The summed E-state index contributed by atoms with van der Waals surface area (Å²) < 4.78 is 1.52. The van der Waals surface area contributed by atoms with Gasteiger partial charge in [0.15, 0.2) is 0 Å². The Hall–Kier alpha value is -2.51. The van der Waals surface area contributed by atoms with Crippen LogP contribution in [0, 0.1) is 19.8 Å². The van der Waals surface area contributed by atoms with Gasteiger partial charge in [-0.1, -0.05) is 0 Å². The van der Waals surface area contributed by atoms with E-state index in [0.29, 0.717) is 25.0 Å². The van der Waals surface area contributed by atoms with Crippen molar-refractivity contribution in [2.75, 3.05) is 0 Å². The van der Waals surface area contributed by atoms with Crippen LogP contribution in [0.3, 0.4) is 0 Å². The van der Waals surface area contributed by atoms with Crippen LogP contribution >= 0.6 is 0 Å². The van der Waals surface area contributed by atoms with E-state index in [1.54, 1.807) is 0 Å². The Bertz CT molecular complexity index is 754. The molecule has 0 aromatic carbocycles. The number of aryl methyl sites for hydroxylation is 2. The minimum Gasteiger partial charge on any atom is -0.481 e. The number of hydrogen-bond donors (Lipinski definition) is 2. The summed E-state index contributed by atoms with van der Waals surface area (Å²) in [5, 5.41) is 16.0. The zero-order chi connectivity index (χ0) is 15.9. The number of nitrogens with zero attached hydrogens (tertiary/aromatic N) is 4. The van der Waals surface area contributed by atoms with Crippen molar-refractivity contribution in [1.82, 2.24) is 24.9 Å². The molecule has 1 amide bonds. The highest BCUT2D eigenvalue weighted by atomic mass is 16.4. The molecule has 2 heterocycles. The lowest BCUT2D eigenvalue weighted by molar-refractivity contribution is -0.141. The molecule has 2 N–H and O–H groups in total. The molecule has 1 aliphatic rings. The van der Waals surface area contributed by atoms with Crippen molar-refractivity contribution in [3.63, 3.8) is 0 Å². The smallest absolute Gasteiger partial charge is 0.306 e. The molecule has 0 radical (unpaired) electrons. The number of hydrogen-bond acceptors (Lipinski definition) is 5. The Morgan fingerprint density at radius 2 is 2.09 bits per heavy atom. The molecule has 2 atom stereocenters. The summed E-state index contributed by atoms with van der Waals surface area (Å²) in [7, 11) is 0. The molecular weight excluding hydrogens is 286 g/mol. The van der Waals surface area contributed by atoms with Gasteiger partial charge in [0.25, 0.3) is 11.7 Å². The van der Waals surface area contributed by atoms with Gasteiger partial charge < -0.3 is 10.4 Å². The maximum absolute atomic E-state index is 12.2. The van der Waals surface area contributed by atoms with E-state index in [-0.39, 0.29) is 17.8 Å². The van der Waals surface area contributed by atoms with Gasteiger partial charge in [-0.3, -0.25) is 9.59 Å². The molecule has 1 saturated carbocycles. The Morgan fingerprint density at radius 3 is 2.77 bits per heavy atom. The Balaban J connectivity index is 1.76. The van der Waals surface area contributed by atoms with E-state index < -0.39 is 11.9 Å². The van der Waals surface area contributed by atoms with E-state index in [4.69, 9.17) is 5.11 Å². The summed E-state index contributed by atoms with van der Waals surface area (Å²) in [6.07, 6.45) is 1.69. The first-order valence-corrected chi connectivity index (χ1v) is 7.18. The minimum absolute atomic E-state index is 0.0555. The number of amides is 1. The van der Waals surface area contributed by atoms with Crippen molar-refractivity contribution < 1.29 is 14.7 Å². The van der Waals surface area contributed by atoms with Crippen LogP contribution in [0.15, 0.2) is 6.07 Å². The molecule has 0 spiro atoms. The van der Waals surface area contributed by atoms with Crippen molar-refractivity contribution in [2.45, 2.75) is 39.2 Å². The van der Waals surface area contributed by atoms with Crippen molar-refractivity contribution in [3.05, 3.63) is 23.3 Å². The summed E-state index contributed by atoms with van der Waals surface area (Å²) in [4.78, 5) is 31.5. The summed E-state index contributed by atoms with van der Waals surface area (Å²) in [6.45, 7) is 3.72. The average Bonchev–Trinajstić information content (AvgIpc) is 3.05. The van der Waals surface area contributed by atoms with Crippen molar-refractivity contribution in [3.8, 4) is 0 Å². The second-order valence-corrected chi connectivity index (χ2v) is 5.70. The van der Waals surface area contributed by atoms with Gasteiger partial charge in [0, 0.05) is 17.4 Å². The van der Waals surface area contributed by atoms with E-state index in [1.165, 1.54) is 4.52 Å². The Kier molecular flexibility index (Phi) is 3.51. The number of carbonyl (C=O) groups excluding carboxylic acids is 1. The second kappa shape index (κ2) is 5.36. The van der Waals surface area contributed by atoms with Gasteiger partial charge in [0.2, 0.25) is 5.82 Å². The molecule has 116 valence electrons. The van der Waals surface area contributed by atoms with Gasteiger partial charge in [-0.2, -0.15) is 4.98 Å². The maximum Gasteiger partial charge on any atom is 0.306 e. The monoisotopic (exact) mass is 303 g/mol. The van der Waals surface area contributed by atoms with Gasteiger partial charge in [0.1, 0.15) is 0 Å². The van der Waals surface area contributed by atoms with Gasteiger partial charge >= 0.3 is 5.97 Å². The number of aliphatic carboxylic acids is 1. The van der Waals surface area contributed by atoms with Crippen LogP contribution in [0.1, 0.15) is 41.3 Å². The molecule has 0 unspecified atom stereocenters. The molecule has 8 nitrogen and oxygen atoms in total. The molecule has 22 heavy (non-hydrogen) atoms. The molecule has 2 aromatic heterocycles. The molecule has 3 rings (SSSR count). The van der Waals surface area contributed by atoms with E-state index in [2.05, 4.69) is 20.4 Å². The van der Waals surface area contributed by atoms with Crippen LogP contribution < -0.4 is 5.32 Å². The lowest BCUT2D eigenvalue weighted by Gasteiger charge is -2.10. The average molecular weight is 303 g/mol. The second-order valence-electron chi connectivity index (χ2n) is 5.70. The highest BCUT2D eigenvalue weighted by molar-refractivity contribution is 5.91. The number of rotatable bonds is 3. The van der Waals surface area contributed by atoms with E-state index in [9.17, 15) is 9.59 Å². The zero-order valence-corrected chi connectivity index (χ0v) is 12.4. The summed E-state index contributed by atoms with van der Waals surface area (Å²) in [6, 6.07) is 1.72. The molecule has 8 heteroatoms. The maximum atomic E-state index is 12.2. The molecule has 2 aromatic rings. The first-order valence-electron chi connectivity index (χ1n) is 7.18. The van der Waals surface area contributed by atoms with E-state index in [1.807, 2.05) is 19.9 Å². The third-order valence-corrected chi connectivity index (χ3v) is 3.94. The number of nitrogens with one attached hydrogen (secondary N) is 1. The SMILES string of the molecule is Cc1cc(C)n2nc(C(=O)N[C@H]3CC[C@@H](C(=O)O)C3)nc2n1. The first-order chi connectivity index (χ1) is 10.4. The fraction of sp³-hybridized carbons (Fsp3) is 0.500. The van der Waals surface area contributed by atoms with Crippen LogP contribution in [0.5, 0.6) is 0 Å². The predicted octanol–water partition coefficient (Wildman–Crippen LogP) is 0.724. The lowest BCUT2D eigenvalue weighted by Crippen LogP contribution is -2.34. The van der Waals surface area contributed by atoms with Crippen molar-refractivity contribution in [1.29, 1.82) is 0 Å². The zero-order valence-electron chi connectivity index (χ0n) is 12.4. The van der Waals surface area contributed by atoms with Crippen LogP contribution in [0.4, 0.5) is 0 Å². The molecule has 0 aliphatic heterocycles. The van der Waals surface area contributed by atoms with Crippen molar-refractivity contribution in [2.24, 2.45) is 5.92 Å². The molecule has 0 bridgehead atoms. The summed E-state index contributed by atoms with van der Waals surface area (Å²) in [5.74, 6) is -1.14. The summed E-state index contributed by atoms with van der Waals surface area (Å²) in [5.41, 5.74) is 1.66. The number of fused-ring (bicyclic) bond motifs is 1. The largest absolute Gasteiger partial charge is 0.481 e. The number of carboxylic acid groups (broad SMARTS) is 1. The van der Waals surface area contributed by atoms with Crippen LogP contribution in [0.25, 0.3) is 5.78 Å². The Morgan fingerprint density at radius 1 is 1.32 bits per heavy atom. The number of aromatic nitrogens is 4. The fourth-order valence-electron chi connectivity index (χ4n) is 2.85. The highest BCUT2D eigenvalue weighted by Crippen LogP contribution is 2.25. The third-order valence-electron chi connectivity index (χ3n) is 3.94. The van der Waals surface area contributed by atoms with E-state index >= 15 is 0 Å². The van der Waals surface area contributed by atoms with Crippen LogP contribution in [0.2, 0.25) is 0 Å². The lowest BCUT2D eigenvalue weighted by atomic mass is 10.1. The van der Waals surface area contributed by atoms with Gasteiger partial charge in [0.05, 0.1) is 5.92 Å². The molecule has 1 fully saturated rings. The van der Waals surface area contributed by atoms with Gasteiger partial charge in [-0.05, 0) is 39.2 Å². The standard InChI is InChI=1S/C14H17N5O3/c1-7-5-8(2)19-14(15-7)17-11(18-19)12(20)16-10-4-3-9(6-10)13(21)22/h5,9-10H,3-4,6H2,1-2H3,(H,16,20)(H,21,22)/t9-,10+/m1/s1. The fourth-order valence-corrected chi connectivity index (χ4v) is 2.85. The normalized spacial score (nSPS) is 21.2.